The SMILES string of the molecule is CC(C)(c1ccc(OC=CCc2cc3ccccc3[nH]2)cc1)c1ccc(OC=CCc2cc3ccccc3[nH]2)cc1. The number of hydrogen-bond acceptors (Lipinski definition) is 2. The third-order valence-corrected chi connectivity index (χ3v) is 7.60. The lowest BCUT2D eigenvalue weighted by Gasteiger charge is -2.26. The van der Waals surface area contributed by atoms with Crippen molar-refractivity contribution in [1.82, 2.24) is 9.97 Å². The lowest BCUT2D eigenvalue weighted by atomic mass is 9.78. The number of allylic oxidation sites excluding steroid dienone is 2. The van der Waals surface area contributed by atoms with E-state index in [0.717, 1.165) is 35.4 Å². The summed E-state index contributed by atoms with van der Waals surface area (Å²) in [5, 5.41) is 2.46. The van der Waals surface area contributed by atoms with Crippen LogP contribution in [0.25, 0.3) is 21.8 Å². The molecule has 0 atom stereocenters. The summed E-state index contributed by atoms with van der Waals surface area (Å²) in [4.78, 5) is 6.88. The molecule has 41 heavy (non-hydrogen) atoms. The van der Waals surface area contributed by atoms with Crippen molar-refractivity contribution in [2.24, 2.45) is 0 Å². The van der Waals surface area contributed by atoms with Crippen molar-refractivity contribution < 1.29 is 9.47 Å². The summed E-state index contributed by atoms with van der Waals surface area (Å²) in [5.41, 5.74) is 6.94. The Morgan fingerprint density at radius 2 is 0.976 bits per heavy atom. The average Bonchev–Trinajstić information content (AvgIpc) is 3.61. The molecule has 0 aliphatic rings. The molecular weight excluding hydrogens is 504 g/mol. The highest BCUT2D eigenvalue weighted by Gasteiger charge is 2.23. The molecule has 0 radical (unpaired) electrons. The molecule has 0 aliphatic carbocycles. The second-order valence-electron chi connectivity index (χ2n) is 10.8. The Balaban J connectivity index is 1.01. The van der Waals surface area contributed by atoms with Gasteiger partial charge in [-0.25, -0.2) is 0 Å². The molecule has 0 fully saturated rings. The van der Waals surface area contributed by atoms with Crippen molar-refractivity contribution in [1.29, 1.82) is 0 Å². The van der Waals surface area contributed by atoms with Crippen molar-refractivity contribution >= 4 is 21.8 Å². The molecule has 0 saturated heterocycles. The second-order valence-corrected chi connectivity index (χ2v) is 10.8. The van der Waals surface area contributed by atoms with Gasteiger partial charge in [-0.1, -0.05) is 74.5 Å². The smallest absolute Gasteiger partial charge is 0.126 e. The zero-order valence-electron chi connectivity index (χ0n) is 23.4. The van der Waals surface area contributed by atoms with Gasteiger partial charge < -0.3 is 19.4 Å². The van der Waals surface area contributed by atoms with Gasteiger partial charge in [0, 0.05) is 40.7 Å². The number of H-pyrrole nitrogens is 2. The van der Waals surface area contributed by atoms with E-state index in [4.69, 9.17) is 9.47 Å². The molecule has 4 nitrogen and oxygen atoms in total. The monoisotopic (exact) mass is 538 g/mol. The maximum absolute atomic E-state index is 5.86. The molecule has 2 aromatic heterocycles. The number of rotatable bonds is 10. The number of aromatic nitrogens is 2. The summed E-state index contributed by atoms with van der Waals surface area (Å²) in [7, 11) is 0. The first-order chi connectivity index (χ1) is 20.0. The van der Waals surface area contributed by atoms with E-state index in [1.807, 2.05) is 48.6 Å². The highest BCUT2D eigenvalue weighted by Crippen LogP contribution is 2.33. The molecule has 0 amide bonds. The van der Waals surface area contributed by atoms with Crippen molar-refractivity contribution in [2.45, 2.75) is 32.1 Å². The van der Waals surface area contributed by atoms with Crippen LogP contribution >= 0.6 is 0 Å². The topological polar surface area (TPSA) is 50.0 Å². The van der Waals surface area contributed by atoms with Gasteiger partial charge in [-0.3, -0.25) is 0 Å². The maximum atomic E-state index is 5.86. The first kappa shape index (κ1) is 26.3. The number of fused-ring (bicyclic) bond motifs is 2. The Labute approximate surface area is 241 Å². The molecule has 6 aromatic rings. The van der Waals surface area contributed by atoms with Gasteiger partial charge in [0.05, 0.1) is 12.5 Å². The Morgan fingerprint density at radius 1 is 0.561 bits per heavy atom. The number of nitrogens with one attached hydrogen (secondary N) is 2. The van der Waals surface area contributed by atoms with Crippen LogP contribution in [0, 0.1) is 0 Å². The predicted octanol–water partition coefficient (Wildman–Crippen LogP) is 9.25. The van der Waals surface area contributed by atoms with Crippen LogP contribution in [-0.4, -0.2) is 9.97 Å². The average molecular weight is 539 g/mol. The van der Waals surface area contributed by atoms with Crippen molar-refractivity contribution in [3.05, 3.63) is 156 Å². The molecule has 204 valence electrons. The van der Waals surface area contributed by atoms with E-state index in [0.29, 0.717) is 0 Å². The fourth-order valence-electron chi connectivity index (χ4n) is 5.16. The summed E-state index contributed by atoms with van der Waals surface area (Å²) in [5.74, 6) is 1.64. The fraction of sp³-hybridized carbons (Fsp3) is 0.135. The maximum Gasteiger partial charge on any atom is 0.126 e. The summed E-state index contributed by atoms with van der Waals surface area (Å²) in [6, 6.07) is 37.6. The summed E-state index contributed by atoms with van der Waals surface area (Å²) in [6.45, 7) is 4.47. The van der Waals surface area contributed by atoms with E-state index in [2.05, 4.69) is 96.6 Å². The predicted molar refractivity (Wildman–Crippen MR) is 169 cm³/mol. The first-order valence-corrected chi connectivity index (χ1v) is 14.0. The van der Waals surface area contributed by atoms with Gasteiger partial charge in [0.2, 0.25) is 0 Å². The molecule has 4 heteroatoms. The summed E-state index contributed by atoms with van der Waals surface area (Å²) < 4.78 is 11.7. The third kappa shape index (κ3) is 6.12. The number of aromatic amines is 2. The Morgan fingerprint density at radius 3 is 1.39 bits per heavy atom. The molecule has 0 bridgehead atoms. The summed E-state index contributed by atoms with van der Waals surface area (Å²) >= 11 is 0. The van der Waals surface area contributed by atoms with Gasteiger partial charge in [0.25, 0.3) is 0 Å². The molecule has 0 aliphatic heterocycles. The lowest BCUT2D eigenvalue weighted by molar-refractivity contribution is 0.477. The molecule has 6 rings (SSSR count). The minimum Gasteiger partial charge on any atom is -0.465 e. The van der Waals surface area contributed by atoms with E-state index in [1.54, 1.807) is 12.5 Å². The van der Waals surface area contributed by atoms with E-state index >= 15 is 0 Å². The Bertz CT molecular complexity index is 1600. The van der Waals surface area contributed by atoms with Crippen molar-refractivity contribution in [3.8, 4) is 11.5 Å². The van der Waals surface area contributed by atoms with E-state index in [1.165, 1.54) is 33.3 Å². The lowest BCUT2D eigenvalue weighted by Crippen LogP contribution is -2.18. The van der Waals surface area contributed by atoms with E-state index in [-0.39, 0.29) is 5.41 Å². The molecular formula is C37H34N2O2. The van der Waals surface area contributed by atoms with Crippen LogP contribution < -0.4 is 9.47 Å². The van der Waals surface area contributed by atoms with Gasteiger partial charge in [-0.2, -0.15) is 0 Å². The second kappa shape index (κ2) is 11.6. The fourth-order valence-corrected chi connectivity index (χ4v) is 5.16. The molecule has 0 spiro atoms. The normalized spacial score (nSPS) is 12.1. The molecule has 2 heterocycles. The highest BCUT2D eigenvalue weighted by molar-refractivity contribution is 5.80. The van der Waals surface area contributed by atoms with Gasteiger partial charge in [0.15, 0.2) is 0 Å². The van der Waals surface area contributed by atoms with Crippen LogP contribution in [0.1, 0.15) is 36.4 Å². The number of para-hydroxylation sites is 2. The van der Waals surface area contributed by atoms with Crippen LogP contribution in [0.15, 0.2) is 134 Å². The van der Waals surface area contributed by atoms with Crippen LogP contribution in [0.4, 0.5) is 0 Å². The largest absolute Gasteiger partial charge is 0.465 e. The van der Waals surface area contributed by atoms with Crippen LogP contribution in [0.5, 0.6) is 11.5 Å². The quantitative estimate of drug-likeness (QED) is 0.171. The highest BCUT2D eigenvalue weighted by atomic mass is 16.5. The number of hydrogen-bond donors (Lipinski definition) is 2. The number of benzene rings is 4. The minimum atomic E-state index is -0.159. The zero-order valence-corrected chi connectivity index (χ0v) is 23.4. The first-order valence-electron chi connectivity index (χ1n) is 14.0. The Kier molecular flexibility index (Phi) is 7.46. The van der Waals surface area contributed by atoms with Crippen LogP contribution in [0.3, 0.4) is 0 Å². The molecule has 2 N–H and O–H groups in total. The van der Waals surface area contributed by atoms with E-state index < -0.39 is 0 Å². The zero-order chi connectivity index (χ0) is 28.1. The molecule has 4 aromatic carbocycles. The van der Waals surface area contributed by atoms with Crippen LogP contribution in [-0.2, 0) is 18.3 Å². The minimum absolute atomic E-state index is 0.159. The van der Waals surface area contributed by atoms with Crippen molar-refractivity contribution in [2.75, 3.05) is 0 Å². The van der Waals surface area contributed by atoms with E-state index in [9.17, 15) is 0 Å². The van der Waals surface area contributed by atoms with Gasteiger partial charge in [-0.05, 0) is 82.6 Å². The third-order valence-electron chi connectivity index (χ3n) is 7.60. The standard InChI is InChI=1S/C37H34N2O2/c1-37(2,29-15-19-33(20-16-29)40-23-7-11-31-25-27-9-3-5-13-35(27)38-31)30-17-21-34(22-18-30)41-24-8-12-32-26-28-10-4-6-14-36(28)39-32/h3-10,13-26,38-39H,11-12H2,1-2H3. The number of ether oxygens (including phenoxy) is 2. The molecule has 0 saturated carbocycles. The molecule has 0 unspecified atom stereocenters. The van der Waals surface area contributed by atoms with Crippen molar-refractivity contribution in [3.63, 3.8) is 0 Å². The van der Waals surface area contributed by atoms with Gasteiger partial charge in [0.1, 0.15) is 11.5 Å². The summed E-state index contributed by atoms with van der Waals surface area (Å²) in [6.07, 6.45) is 9.17. The van der Waals surface area contributed by atoms with Gasteiger partial charge >= 0.3 is 0 Å². The van der Waals surface area contributed by atoms with Crippen LogP contribution in [0.2, 0.25) is 0 Å². The van der Waals surface area contributed by atoms with Gasteiger partial charge in [-0.15, -0.1) is 0 Å². The Hall–Kier alpha value is -4.96.